The Bertz CT molecular complexity index is 819. The molecular formula is C12H7F4N5. The van der Waals surface area contributed by atoms with Crippen LogP contribution in [0.3, 0.4) is 0 Å². The second kappa shape index (κ2) is 4.62. The van der Waals surface area contributed by atoms with E-state index in [4.69, 9.17) is 5.73 Å². The minimum atomic E-state index is -1.57. The molecule has 0 radical (unpaired) electrons. The number of nitrogen functional groups attached to an aromatic ring is 1. The summed E-state index contributed by atoms with van der Waals surface area (Å²) in [7, 11) is 0. The fourth-order valence-corrected chi connectivity index (χ4v) is 1.84. The molecule has 3 aromatic rings. The first kappa shape index (κ1) is 13.2. The van der Waals surface area contributed by atoms with Crippen LogP contribution >= 0.6 is 0 Å². The molecule has 9 heteroatoms. The van der Waals surface area contributed by atoms with Crippen molar-refractivity contribution in [3.05, 3.63) is 47.9 Å². The van der Waals surface area contributed by atoms with Gasteiger partial charge in [0.1, 0.15) is 11.5 Å². The Morgan fingerprint density at radius 2 is 1.76 bits per heavy atom. The van der Waals surface area contributed by atoms with Crippen molar-refractivity contribution in [3.8, 4) is 0 Å². The first-order chi connectivity index (χ1) is 9.97. The zero-order valence-corrected chi connectivity index (χ0v) is 10.2. The molecule has 3 rings (SSSR count). The summed E-state index contributed by atoms with van der Waals surface area (Å²) in [6.07, 6.45) is 4.35. The molecule has 0 spiro atoms. The number of nitrogens with zero attached hydrogens (tertiary/aromatic N) is 3. The quantitative estimate of drug-likeness (QED) is 0.563. The van der Waals surface area contributed by atoms with Crippen LogP contribution in [0.15, 0.2) is 24.7 Å². The first-order valence-electron chi connectivity index (χ1n) is 5.66. The molecule has 0 fully saturated rings. The molecule has 0 atom stereocenters. The Morgan fingerprint density at radius 1 is 1.10 bits per heavy atom. The number of hydrogen-bond acceptors (Lipinski definition) is 4. The summed E-state index contributed by atoms with van der Waals surface area (Å²) < 4.78 is 55.0. The van der Waals surface area contributed by atoms with Gasteiger partial charge in [-0.15, -0.1) is 0 Å². The van der Waals surface area contributed by atoms with E-state index in [0.717, 1.165) is 0 Å². The molecule has 5 nitrogen and oxygen atoms in total. The number of anilines is 3. The van der Waals surface area contributed by atoms with Crippen molar-refractivity contribution in [2.75, 3.05) is 11.1 Å². The molecule has 0 aliphatic carbocycles. The van der Waals surface area contributed by atoms with E-state index in [1.165, 1.54) is 23.0 Å². The smallest absolute Gasteiger partial charge is 0.185 e. The maximum absolute atomic E-state index is 13.6. The number of benzene rings is 1. The van der Waals surface area contributed by atoms with Gasteiger partial charge in [-0.05, 0) is 0 Å². The molecule has 0 aliphatic heterocycles. The molecule has 0 bridgehead atoms. The summed E-state index contributed by atoms with van der Waals surface area (Å²) in [5.74, 6) is -6.30. The van der Waals surface area contributed by atoms with E-state index in [0.29, 0.717) is 0 Å². The van der Waals surface area contributed by atoms with E-state index in [9.17, 15) is 17.6 Å². The molecule has 21 heavy (non-hydrogen) atoms. The Balaban J connectivity index is 2.17. The van der Waals surface area contributed by atoms with E-state index >= 15 is 0 Å². The van der Waals surface area contributed by atoms with Crippen LogP contribution in [0, 0.1) is 23.3 Å². The number of halogens is 4. The fourth-order valence-electron chi connectivity index (χ4n) is 1.84. The number of imidazole rings is 1. The largest absolute Gasteiger partial charge is 0.382 e. The van der Waals surface area contributed by atoms with Crippen molar-refractivity contribution in [2.24, 2.45) is 0 Å². The third kappa shape index (κ3) is 2.12. The minimum Gasteiger partial charge on any atom is -0.382 e. The normalized spacial score (nSPS) is 11.0. The monoisotopic (exact) mass is 297 g/mol. The van der Waals surface area contributed by atoms with Crippen LogP contribution in [0.1, 0.15) is 0 Å². The van der Waals surface area contributed by atoms with E-state index in [-0.39, 0.29) is 23.3 Å². The Kier molecular flexibility index (Phi) is 2.89. The maximum atomic E-state index is 13.6. The van der Waals surface area contributed by atoms with Gasteiger partial charge in [0.25, 0.3) is 0 Å². The van der Waals surface area contributed by atoms with Crippen molar-refractivity contribution in [1.29, 1.82) is 0 Å². The second-order valence-electron chi connectivity index (χ2n) is 4.14. The molecule has 2 aromatic heterocycles. The van der Waals surface area contributed by atoms with Gasteiger partial charge >= 0.3 is 0 Å². The van der Waals surface area contributed by atoms with Gasteiger partial charge in [-0.25, -0.2) is 27.5 Å². The van der Waals surface area contributed by atoms with E-state index in [1.807, 2.05) is 0 Å². The highest BCUT2D eigenvalue weighted by Gasteiger charge is 2.20. The summed E-state index contributed by atoms with van der Waals surface area (Å²) >= 11 is 0. The lowest BCUT2D eigenvalue weighted by molar-refractivity contribution is 0.459. The van der Waals surface area contributed by atoms with Gasteiger partial charge in [-0.3, -0.25) is 0 Å². The van der Waals surface area contributed by atoms with Gasteiger partial charge in [0, 0.05) is 18.5 Å². The van der Waals surface area contributed by atoms with Crippen molar-refractivity contribution >= 4 is 23.0 Å². The lowest BCUT2D eigenvalue weighted by Crippen LogP contribution is -2.07. The lowest BCUT2D eigenvalue weighted by atomic mass is 10.2. The SMILES string of the molecule is Nc1cn2ccnc2c(Nc2c(F)c(F)cc(F)c2F)n1. The van der Waals surface area contributed by atoms with E-state index < -0.39 is 29.0 Å². The third-order valence-corrected chi connectivity index (χ3v) is 2.75. The molecule has 2 heterocycles. The number of nitrogens with two attached hydrogens (primary N) is 1. The van der Waals surface area contributed by atoms with E-state index in [2.05, 4.69) is 15.3 Å². The summed E-state index contributed by atoms with van der Waals surface area (Å²) in [5, 5.41) is 2.19. The molecule has 0 saturated heterocycles. The van der Waals surface area contributed by atoms with Crippen LogP contribution in [0.5, 0.6) is 0 Å². The Morgan fingerprint density at radius 3 is 2.43 bits per heavy atom. The van der Waals surface area contributed by atoms with Crippen molar-refractivity contribution in [2.45, 2.75) is 0 Å². The molecule has 0 saturated carbocycles. The highest BCUT2D eigenvalue weighted by Crippen LogP contribution is 2.28. The molecule has 0 amide bonds. The topological polar surface area (TPSA) is 68.2 Å². The number of fused-ring (bicyclic) bond motifs is 1. The van der Waals surface area contributed by atoms with Crippen LogP contribution in [-0.4, -0.2) is 14.4 Å². The van der Waals surface area contributed by atoms with Crippen molar-refractivity contribution in [1.82, 2.24) is 14.4 Å². The van der Waals surface area contributed by atoms with Crippen molar-refractivity contribution < 1.29 is 17.6 Å². The second-order valence-corrected chi connectivity index (χ2v) is 4.14. The van der Waals surface area contributed by atoms with Crippen LogP contribution in [-0.2, 0) is 0 Å². The zero-order chi connectivity index (χ0) is 15.1. The molecule has 3 N–H and O–H groups in total. The standard InChI is InChI=1S/C12H7F4N5/c13-5-3-6(14)9(16)10(8(5)15)20-11-12-18-1-2-21(12)4-7(17)19-11/h1-4H,17H2,(H,19,20). The molecule has 1 aromatic carbocycles. The molecule has 108 valence electrons. The molecule has 0 aliphatic rings. The van der Waals surface area contributed by atoms with Gasteiger partial charge in [-0.1, -0.05) is 0 Å². The average molecular weight is 297 g/mol. The lowest BCUT2D eigenvalue weighted by Gasteiger charge is -2.10. The zero-order valence-electron chi connectivity index (χ0n) is 10.2. The maximum Gasteiger partial charge on any atom is 0.185 e. The highest BCUT2D eigenvalue weighted by atomic mass is 19.2. The predicted molar refractivity (Wildman–Crippen MR) is 67.0 cm³/mol. The van der Waals surface area contributed by atoms with E-state index in [1.54, 1.807) is 0 Å². The molecule has 0 unspecified atom stereocenters. The first-order valence-corrected chi connectivity index (χ1v) is 5.66. The van der Waals surface area contributed by atoms with Crippen LogP contribution < -0.4 is 11.1 Å². The number of nitrogens with one attached hydrogen (secondary N) is 1. The third-order valence-electron chi connectivity index (χ3n) is 2.75. The van der Waals surface area contributed by atoms with Gasteiger partial charge in [0.15, 0.2) is 34.7 Å². The van der Waals surface area contributed by atoms with Crippen LogP contribution in [0.25, 0.3) is 5.65 Å². The highest BCUT2D eigenvalue weighted by molar-refractivity contribution is 5.71. The van der Waals surface area contributed by atoms with Crippen LogP contribution in [0.4, 0.5) is 34.9 Å². The van der Waals surface area contributed by atoms with Gasteiger partial charge < -0.3 is 15.5 Å². The van der Waals surface area contributed by atoms with Gasteiger partial charge in [0.2, 0.25) is 0 Å². The summed E-state index contributed by atoms with van der Waals surface area (Å²) in [5.41, 5.74) is 4.72. The van der Waals surface area contributed by atoms with Gasteiger partial charge in [0.05, 0.1) is 6.20 Å². The Labute approximate surface area is 115 Å². The van der Waals surface area contributed by atoms with Crippen LogP contribution in [0.2, 0.25) is 0 Å². The average Bonchev–Trinajstić information content (AvgIpc) is 2.89. The summed E-state index contributed by atoms with van der Waals surface area (Å²) in [6.45, 7) is 0. The number of aromatic nitrogens is 3. The Hall–Kier alpha value is -2.84. The van der Waals surface area contributed by atoms with Gasteiger partial charge in [-0.2, -0.15) is 0 Å². The summed E-state index contributed by atoms with van der Waals surface area (Å²) in [4.78, 5) is 7.73. The molecular weight excluding hydrogens is 290 g/mol. The number of hydrogen-bond donors (Lipinski definition) is 2. The summed E-state index contributed by atoms with van der Waals surface area (Å²) in [6, 6.07) is 0.119. The minimum absolute atomic E-state index is 0.0284. The van der Waals surface area contributed by atoms with Crippen molar-refractivity contribution in [3.63, 3.8) is 0 Å². The predicted octanol–water partition coefficient (Wildman–Crippen LogP) is 2.61. The number of rotatable bonds is 2. The fraction of sp³-hybridized carbons (Fsp3) is 0.